The maximum Gasteiger partial charge on any atom is 0.256 e. The van der Waals surface area contributed by atoms with Gasteiger partial charge in [-0.1, -0.05) is 48.5 Å². The molecule has 2 N–H and O–H groups in total. The Balaban J connectivity index is 1.44. The van der Waals surface area contributed by atoms with E-state index in [1.165, 1.54) is 6.07 Å². The van der Waals surface area contributed by atoms with Gasteiger partial charge in [-0.25, -0.2) is 4.39 Å². The van der Waals surface area contributed by atoms with Gasteiger partial charge in [-0.15, -0.1) is 0 Å². The zero-order valence-electron chi connectivity index (χ0n) is 17.8. The Morgan fingerprint density at radius 3 is 2.48 bits per heavy atom. The summed E-state index contributed by atoms with van der Waals surface area (Å²) in [7, 11) is 0. The summed E-state index contributed by atoms with van der Waals surface area (Å²) in [6, 6.07) is 18.9. The lowest BCUT2D eigenvalue weighted by molar-refractivity contribution is -0.532. The lowest BCUT2D eigenvalue weighted by atomic mass is 9.78. The quantitative estimate of drug-likeness (QED) is 0.456. The van der Waals surface area contributed by atoms with E-state index in [9.17, 15) is 19.3 Å². The van der Waals surface area contributed by atoms with Crippen LogP contribution in [0.4, 0.5) is 10.1 Å². The smallest absolute Gasteiger partial charge is 0.256 e. The molecule has 0 aliphatic carbocycles. The van der Waals surface area contributed by atoms with E-state index in [2.05, 4.69) is 10.6 Å². The van der Waals surface area contributed by atoms with Crippen LogP contribution in [0.2, 0.25) is 0 Å². The second kappa shape index (κ2) is 7.97. The molecule has 33 heavy (non-hydrogen) atoms. The molecule has 0 radical (unpaired) electrons. The zero-order chi connectivity index (χ0) is 23.2. The average Bonchev–Trinajstić information content (AvgIpc) is 3.27. The number of hydrogen-bond donors (Lipinski definition) is 2. The van der Waals surface area contributed by atoms with E-state index in [0.29, 0.717) is 22.6 Å². The highest BCUT2D eigenvalue weighted by Gasteiger charge is 2.67. The summed E-state index contributed by atoms with van der Waals surface area (Å²) in [5.74, 6) is -0.770. The van der Waals surface area contributed by atoms with Crippen molar-refractivity contribution in [2.24, 2.45) is 0 Å². The normalized spacial score (nSPS) is 25.6. The van der Waals surface area contributed by atoms with Gasteiger partial charge in [-0.3, -0.25) is 20.2 Å². The van der Waals surface area contributed by atoms with Crippen molar-refractivity contribution < 1.29 is 18.8 Å². The molecule has 0 aromatic heterocycles. The number of nitro groups is 1. The van der Waals surface area contributed by atoms with Gasteiger partial charge in [0.05, 0.1) is 5.92 Å². The summed E-state index contributed by atoms with van der Waals surface area (Å²) in [6.45, 7) is 1.93. The zero-order valence-corrected chi connectivity index (χ0v) is 17.8. The van der Waals surface area contributed by atoms with Crippen molar-refractivity contribution >= 4 is 11.6 Å². The standard InChI is InChI=1S/C25H22FN3O4/c1-15-22(16-10-12-18(13-11-16)33-14-17-6-2-4-8-20(17)26)23(29(31)32)25(28-15)19-7-3-5-9-21(19)27-24(25)30/h2-13,15,22-23,28H,14H2,1H3,(H,27,30)/t15-,22+,23+,25-/m0/s1. The van der Waals surface area contributed by atoms with Crippen molar-refractivity contribution in [1.29, 1.82) is 0 Å². The van der Waals surface area contributed by atoms with Crippen molar-refractivity contribution in [2.75, 3.05) is 5.32 Å². The molecule has 2 aliphatic heterocycles. The number of hydrogen-bond acceptors (Lipinski definition) is 5. The minimum atomic E-state index is -1.44. The molecule has 0 bridgehead atoms. The van der Waals surface area contributed by atoms with Crippen LogP contribution >= 0.6 is 0 Å². The van der Waals surface area contributed by atoms with E-state index in [1.807, 2.05) is 6.92 Å². The molecule has 1 amide bonds. The molecule has 1 spiro atoms. The molecule has 3 aromatic rings. The highest BCUT2D eigenvalue weighted by atomic mass is 19.1. The molecule has 1 fully saturated rings. The second-order valence-electron chi connectivity index (χ2n) is 8.45. The highest BCUT2D eigenvalue weighted by Crippen LogP contribution is 2.49. The van der Waals surface area contributed by atoms with Gasteiger partial charge >= 0.3 is 0 Å². The number of carbonyl (C=O) groups excluding carboxylic acids is 1. The van der Waals surface area contributed by atoms with Crippen molar-refractivity contribution in [3.63, 3.8) is 0 Å². The van der Waals surface area contributed by atoms with Crippen molar-refractivity contribution in [3.05, 3.63) is 105 Å². The molecule has 4 atom stereocenters. The molecule has 1 saturated heterocycles. The Morgan fingerprint density at radius 1 is 1.06 bits per heavy atom. The van der Waals surface area contributed by atoms with E-state index in [1.54, 1.807) is 66.7 Å². The Morgan fingerprint density at radius 2 is 1.76 bits per heavy atom. The molecule has 5 rings (SSSR count). The van der Waals surface area contributed by atoms with Crippen LogP contribution in [0.3, 0.4) is 0 Å². The van der Waals surface area contributed by atoms with Gasteiger partial charge in [0.25, 0.3) is 11.9 Å². The Hall–Kier alpha value is -3.78. The third-order valence-corrected chi connectivity index (χ3v) is 6.58. The first kappa shape index (κ1) is 21.1. The second-order valence-corrected chi connectivity index (χ2v) is 8.45. The Bertz CT molecular complexity index is 1230. The number of amides is 1. The monoisotopic (exact) mass is 447 g/mol. The summed E-state index contributed by atoms with van der Waals surface area (Å²) >= 11 is 0. The molecular weight excluding hydrogens is 425 g/mol. The molecule has 3 aromatic carbocycles. The minimum absolute atomic E-state index is 0.0744. The first-order chi connectivity index (χ1) is 15.9. The number of nitrogens with one attached hydrogen (secondary N) is 2. The molecular formula is C25H22FN3O4. The molecule has 8 heteroatoms. The molecule has 168 valence electrons. The number of carbonyl (C=O) groups is 1. The van der Waals surface area contributed by atoms with Gasteiger partial charge in [0.2, 0.25) is 0 Å². The van der Waals surface area contributed by atoms with E-state index in [-0.39, 0.29) is 23.4 Å². The summed E-state index contributed by atoms with van der Waals surface area (Å²) in [4.78, 5) is 25.0. The first-order valence-corrected chi connectivity index (χ1v) is 10.7. The SMILES string of the molecule is C[C@@H]1N[C@]2(C(=O)Nc3ccccc32)[C@H]([N+](=O)[O-])[C@H]1c1ccc(OCc2ccccc2F)cc1. The number of para-hydroxylation sites is 1. The Labute approximate surface area is 189 Å². The minimum Gasteiger partial charge on any atom is -0.489 e. The summed E-state index contributed by atoms with van der Waals surface area (Å²) in [6.07, 6.45) is 0. The predicted molar refractivity (Wildman–Crippen MR) is 120 cm³/mol. The summed E-state index contributed by atoms with van der Waals surface area (Å²) in [5, 5.41) is 18.4. The lowest BCUT2D eigenvalue weighted by Crippen LogP contribution is -2.54. The van der Waals surface area contributed by atoms with Crippen LogP contribution in [0.5, 0.6) is 5.75 Å². The molecule has 0 unspecified atom stereocenters. The topological polar surface area (TPSA) is 93.5 Å². The van der Waals surface area contributed by atoms with Crippen LogP contribution in [0.15, 0.2) is 72.8 Å². The van der Waals surface area contributed by atoms with Crippen LogP contribution < -0.4 is 15.4 Å². The van der Waals surface area contributed by atoms with Gasteiger partial charge in [0.1, 0.15) is 18.2 Å². The van der Waals surface area contributed by atoms with Gasteiger partial charge in [-0.2, -0.15) is 0 Å². The van der Waals surface area contributed by atoms with Crippen LogP contribution in [-0.2, 0) is 16.9 Å². The van der Waals surface area contributed by atoms with E-state index in [4.69, 9.17) is 4.74 Å². The summed E-state index contributed by atoms with van der Waals surface area (Å²) < 4.78 is 19.5. The largest absolute Gasteiger partial charge is 0.489 e. The fourth-order valence-corrected chi connectivity index (χ4v) is 5.12. The van der Waals surface area contributed by atoms with Crippen molar-refractivity contribution in [2.45, 2.75) is 37.1 Å². The van der Waals surface area contributed by atoms with Gasteiger partial charge in [-0.05, 0) is 36.8 Å². The maximum atomic E-state index is 13.8. The number of halogens is 1. The highest BCUT2D eigenvalue weighted by molar-refractivity contribution is 6.07. The fourth-order valence-electron chi connectivity index (χ4n) is 5.12. The van der Waals surface area contributed by atoms with Crippen molar-refractivity contribution in [3.8, 4) is 5.75 Å². The van der Waals surface area contributed by atoms with Crippen molar-refractivity contribution in [1.82, 2.24) is 5.32 Å². The molecule has 2 aliphatic rings. The van der Waals surface area contributed by atoms with Crippen LogP contribution in [0.25, 0.3) is 0 Å². The summed E-state index contributed by atoms with van der Waals surface area (Å²) in [5.41, 5.74) is 0.910. The number of anilines is 1. The van der Waals surface area contributed by atoms with Crippen LogP contribution in [0.1, 0.15) is 29.5 Å². The number of ether oxygens (including phenoxy) is 1. The van der Waals surface area contributed by atoms with Gasteiger partial charge in [0, 0.05) is 27.8 Å². The third kappa shape index (κ3) is 3.34. The number of nitrogens with zero attached hydrogens (tertiary/aromatic N) is 1. The lowest BCUT2D eigenvalue weighted by Gasteiger charge is -2.25. The van der Waals surface area contributed by atoms with Crippen LogP contribution in [-0.4, -0.2) is 22.9 Å². The predicted octanol–water partition coefficient (Wildman–Crippen LogP) is 3.97. The Kier molecular flexibility index (Phi) is 5.09. The average molecular weight is 447 g/mol. The molecule has 0 saturated carbocycles. The first-order valence-electron chi connectivity index (χ1n) is 10.7. The maximum absolute atomic E-state index is 13.8. The van der Waals surface area contributed by atoms with Gasteiger partial charge in [0.15, 0.2) is 5.54 Å². The van der Waals surface area contributed by atoms with Crippen LogP contribution in [0, 0.1) is 15.9 Å². The number of benzene rings is 3. The number of rotatable bonds is 5. The molecule has 2 heterocycles. The molecule has 7 nitrogen and oxygen atoms in total. The van der Waals surface area contributed by atoms with E-state index in [0.717, 1.165) is 5.56 Å². The van der Waals surface area contributed by atoms with E-state index >= 15 is 0 Å². The van der Waals surface area contributed by atoms with Gasteiger partial charge < -0.3 is 10.1 Å². The fraction of sp³-hybridized carbons (Fsp3) is 0.240. The van der Waals surface area contributed by atoms with E-state index < -0.39 is 23.4 Å². The third-order valence-electron chi connectivity index (χ3n) is 6.58. The number of fused-ring (bicyclic) bond motifs is 2.